The Morgan fingerprint density at radius 3 is 2.21 bits per heavy atom. The molecule has 1 saturated heterocycles. The lowest BCUT2D eigenvalue weighted by Crippen LogP contribution is -2.46. The second-order valence-corrected chi connectivity index (χ2v) is 7.07. The second kappa shape index (κ2) is 8.81. The van der Waals surface area contributed by atoms with Gasteiger partial charge >= 0.3 is 0 Å². The van der Waals surface area contributed by atoms with Gasteiger partial charge in [-0.25, -0.2) is 0 Å². The first-order valence-electron chi connectivity index (χ1n) is 9.73. The highest BCUT2D eigenvalue weighted by Gasteiger charge is 2.28. The molecule has 1 unspecified atom stereocenters. The number of amides is 1. The molecule has 4 nitrogen and oxygen atoms in total. The van der Waals surface area contributed by atoms with Crippen LogP contribution in [0.1, 0.15) is 34.0 Å². The molecular formula is C24H24N2O2. The van der Waals surface area contributed by atoms with Gasteiger partial charge in [-0.15, -0.1) is 0 Å². The van der Waals surface area contributed by atoms with Gasteiger partial charge in [-0.3, -0.25) is 9.78 Å². The minimum Gasteiger partial charge on any atom is -0.375 e. The topological polar surface area (TPSA) is 42.4 Å². The standard InChI is InChI=1S/C24H24N2O2/c27-24(23-13-7-8-14-25-23)26-15-16-28-21(18-26)17-22(19-9-3-1-4-10-19)20-11-5-2-6-12-20/h1-14,21-22H,15-18H2. The summed E-state index contributed by atoms with van der Waals surface area (Å²) in [6, 6.07) is 26.5. The zero-order valence-electron chi connectivity index (χ0n) is 15.8. The van der Waals surface area contributed by atoms with Crippen molar-refractivity contribution in [2.24, 2.45) is 0 Å². The van der Waals surface area contributed by atoms with Crippen LogP contribution in [-0.2, 0) is 4.74 Å². The Morgan fingerprint density at radius 2 is 1.61 bits per heavy atom. The summed E-state index contributed by atoms with van der Waals surface area (Å²) in [5.74, 6) is 0.210. The summed E-state index contributed by atoms with van der Waals surface area (Å²) < 4.78 is 6.05. The fourth-order valence-corrected chi connectivity index (χ4v) is 3.80. The molecule has 2 aromatic carbocycles. The minimum absolute atomic E-state index is 0.00757. The summed E-state index contributed by atoms with van der Waals surface area (Å²) in [4.78, 5) is 18.8. The number of ether oxygens (including phenoxy) is 1. The van der Waals surface area contributed by atoms with E-state index in [4.69, 9.17) is 4.74 Å². The van der Waals surface area contributed by atoms with Gasteiger partial charge in [0.15, 0.2) is 0 Å². The van der Waals surface area contributed by atoms with Crippen LogP contribution in [0.15, 0.2) is 85.1 Å². The largest absolute Gasteiger partial charge is 0.375 e. The first-order valence-corrected chi connectivity index (χ1v) is 9.73. The Hall–Kier alpha value is -2.98. The number of hydrogen-bond donors (Lipinski definition) is 0. The maximum Gasteiger partial charge on any atom is 0.272 e. The number of pyridine rings is 1. The number of carbonyl (C=O) groups is 1. The molecule has 0 bridgehead atoms. The maximum absolute atomic E-state index is 12.8. The van der Waals surface area contributed by atoms with E-state index >= 15 is 0 Å². The number of hydrogen-bond acceptors (Lipinski definition) is 3. The van der Waals surface area contributed by atoms with Crippen molar-refractivity contribution in [3.05, 3.63) is 102 Å². The number of benzene rings is 2. The molecule has 4 rings (SSSR count). The van der Waals surface area contributed by atoms with Crippen molar-refractivity contribution in [1.29, 1.82) is 0 Å². The van der Waals surface area contributed by atoms with E-state index < -0.39 is 0 Å². The zero-order valence-corrected chi connectivity index (χ0v) is 15.8. The molecule has 1 amide bonds. The third-order valence-corrected chi connectivity index (χ3v) is 5.21. The van der Waals surface area contributed by atoms with E-state index in [1.807, 2.05) is 29.2 Å². The predicted molar refractivity (Wildman–Crippen MR) is 109 cm³/mol. The first-order chi connectivity index (χ1) is 13.8. The molecule has 1 atom stereocenters. The van der Waals surface area contributed by atoms with Crippen molar-refractivity contribution < 1.29 is 9.53 Å². The highest BCUT2D eigenvalue weighted by molar-refractivity contribution is 5.92. The maximum atomic E-state index is 12.8. The van der Waals surface area contributed by atoms with Crippen molar-refractivity contribution >= 4 is 5.91 Å². The third kappa shape index (κ3) is 4.29. The van der Waals surface area contributed by atoms with E-state index in [1.54, 1.807) is 12.3 Å². The van der Waals surface area contributed by atoms with Gasteiger partial charge in [-0.1, -0.05) is 66.7 Å². The summed E-state index contributed by atoms with van der Waals surface area (Å²) >= 11 is 0. The fraction of sp³-hybridized carbons (Fsp3) is 0.250. The molecule has 1 aromatic heterocycles. The molecule has 0 radical (unpaired) electrons. The molecule has 1 fully saturated rings. The third-order valence-electron chi connectivity index (χ3n) is 5.21. The van der Waals surface area contributed by atoms with Crippen LogP contribution in [-0.4, -0.2) is 41.6 Å². The molecular weight excluding hydrogens is 348 g/mol. The zero-order chi connectivity index (χ0) is 19.2. The van der Waals surface area contributed by atoms with E-state index in [0.29, 0.717) is 25.4 Å². The summed E-state index contributed by atoms with van der Waals surface area (Å²) in [7, 11) is 0. The van der Waals surface area contributed by atoms with Gasteiger partial charge in [0, 0.05) is 25.2 Å². The molecule has 2 heterocycles. The van der Waals surface area contributed by atoms with Crippen molar-refractivity contribution in [1.82, 2.24) is 9.88 Å². The molecule has 28 heavy (non-hydrogen) atoms. The van der Waals surface area contributed by atoms with Gasteiger partial charge in [0.25, 0.3) is 5.91 Å². The van der Waals surface area contributed by atoms with E-state index in [1.165, 1.54) is 11.1 Å². The minimum atomic E-state index is -0.0233. The lowest BCUT2D eigenvalue weighted by molar-refractivity contribution is -0.0266. The van der Waals surface area contributed by atoms with Crippen molar-refractivity contribution in [3.8, 4) is 0 Å². The Morgan fingerprint density at radius 1 is 0.964 bits per heavy atom. The number of nitrogens with zero attached hydrogens (tertiary/aromatic N) is 2. The van der Waals surface area contributed by atoms with Crippen LogP contribution in [0, 0.1) is 0 Å². The highest BCUT2D eigenvalue weighted by atomic mass is 16.5. The van der Waals surface area contributed by atoms with Crippen LogP contribution in [0.5, 0.6) is 0 Å². The van der Waals surface area contributed by atoms with Gasteiger partial charge in [0.1, 0.15) is 5.69 Å². The predicted octanol–water partition coefficient (Wildman–Crippen LogP) is 4.14. The second-order valence-electron chi connectivity index (χ2n) is 7.07. The molecule has 3 aromatic rings. The summed E-state index contributed by atoms with van der Waals surface area (Å²) in [5, 5.41) is 0. The van der Waals surface area contributed by atoms with Crippen LogP contribution < -0.4 is 0 Å². The average Bonchev–Trinajstić information content (AvgIpc) is 2.79. The highest BCUT2D eigenvalue weighted by Crippen LogP contribution is 2.31. The van der Waals surface area contributed by atoms with E-state index in [-0.39, 0.29) is 17.9 Å². The molecule has 0 saturated carbocycles. The van der Waals surface area contributed by atoms with Crippen LogP contribution in [0.3, 0.4) is 0 Å². The average molecular weight is 372 g/mol. The van der Waals surface area contributed by atoms with Crippen LogP contribution >= 0.6 is 0 Å². The number of aromatic nitrogens is 1. The number of rotatable bonds is 5. The smallest absolute Gasteiger partial charge is 0.272 e. The molecule has 1 aliphatic rings. The van der Waals surface area contributed by atoms with E-state index in [0.717, 1.165) is 6.42 Å². The van der Waals surface area contributed by atoms with E-state index in [2.05, 4.69) is 53.5 Å². The molecule has 0 aliphatic carbocycles. The SMILES string of the molecule is O=C(c1ccccn1)N1CCOC(CC(c2ccccc2)c2ccccc2)C1. The number of carbonyl (C=O) groups excluding carboxylic acids is 1. The summed E-state index contributed by atoms with van der Waals surface area (Å²) in [6.07, 6.45) is 2.48. The van der Waals surface area contributed by atoms with Crippen LogP contribution in [0.2, 0.25) is 0 Å². The lowest BCUT2D eigenvalue weighted by Gasteiger charge is -2.34. The molecule has 1 aliphatic heterocycles. The summed E-state index contributed by atoms with van der Waals surface area (Å²) in [6.45, 7) is 1.75. The fourth-order valence-electron chi connectivity index (χ4n) is 3.80. The van der Waals surface area contributed by atoms with Gasteiger partial charge in [0.2, 0.25) is 0 Å². The Bertz CT molecular complexity index is 845. The Kier molecular flexibility index (Phi) is 5.78. The normalized spacial score (nSPS) is 16.9. The first kappa shape index (κ1) is 18.4. The van der Waals surface area contributed by atoms with Crippen molar-refractivity contribution in [2.45, 2.75) is 18.4 Å². The van der Waals surface area contributed by atoms with E-state index in [9.17, 15) is 4.79 Å². The quantitative estimate of drug-likeness (QED) is 0.676. The molecule has 4 heteroatoms. The van der Waals surface area contributed by atoms with Gasteiger partial charge < -0.3 is 9.64 Å². The summed E-state index contributed by atoms with van der Waals surface area (Å²) in [5.41, 5.74) is 3.03. The Labute approximate surface area is 165 Å². The van der Waals surface area contributed by atoms with Gasteiger partial charge in [0.05, 0.1) is 12.7 Å². The molecule has 0 N–H and O–H groups in total. The van der Waals surface area contributed by atoms with Crippen molar-refractivity contribution in [3.63, 3.8) is 0 Å². The molecule has 142 valence electrons. The molecule has 0 spiro atoms. The van der Waals surface area contributed by atoms with Crippen LogP contribution in [0.4, 0.5) is 0 Å². The van der Waals surface area contributed by atoms with Gasteiger partial charge in [-0.2, -0.15) is 0 Å². The van der Waals surface area contributed by atoms with Crippen molar-refractivity contribution in [2.75, 3.05) is 19.7 Å². The Balaban J connectivity index is 1.51. The monoisotopic (exact) mass is 372 g/mol. The number of morpholine rings is 1. The van der Waals surface area contributed by atoms with Crippen LogP contribution in [0.25, 0.3) is 0 Å². The van der Waals surface area contributed by atoms with Gasteiger partial charge in [-0.05, 0) is 29.7 Å². The lowest BCUT2D eigenvalue weighted by atomic mass is 9.86.